The molecule has 0 unspecified atom stereocenters. The lowest BCUT2D eigenvalue weighted by molar-refractivity contribution is -0.123. The van der Waals surface area contributed by atoms with Crippen LogP contribution in [0.15, 0.2) is 48.5 Å². The van der Waals surface area contributed by atoms with Crippen LogP contribution in [-0.4, -0.2) is 37.0 Å². The minimum atomic E-state index is -0.736. The number of cyclic esters (lactones) is 1. The third-order valence-corrected chi connectivity index (χ3v) is 4.64. The number of rotatable bonds is 6. The number of hydrogen-bond acceptors (Lipinski definition) is 6. The number of urea groups is 1. The standard InChI is InChI=1S/C23H24N2O6/c1-14(2)12-24-23(29)25-20(26)13-30-21(27)16-8-9-18-17(10-16)11-19(31-22(18)28)15-6-4-3-5-7-15/h3-10,14,19H,11-13H2,1-2H3,(H2,24,25,26,29)/t19-/m1/s1. The summed E-state index contributed by atoms with van der Waals surface area (Å²) < 4.78 is 10.5. The van der Waals surface area contributed by atoms with Crippen LogP contribution in [0.1, 0.15) is 51.8 Å². The molecule has 1 atom stereocenters. The molecule has 2 aromatic rings. The molecule has 1 aliphatic rings. The van der Waals surface area contributed by atoms with Crippen LogP contribution in [0.4, 0.5) is 4.79 Å². The zero-order valence-electron chi connectivity index (χ0n) is 17.3. The van der Waals surface area contributed by atoms with Crippen molar-refractivity contribution in [2.75, 3.05) is 13.2 Å². The minimum absolute atomic E-state index is 0.206. The van der Waals surface area contributed by atoms with Crippen LogP contribution in [0.5, 0.6) is 0 Å². The van der Waals surface area contributed by atoms with Crippen LogP contribution < -0.4 is 10.6 Å². The number of ether oxygens (including phenoxy) is 2. The van der Waals surface area contributed by atoms with E-state index in [2.05, 4.69) is 10.6 Å². The van der Waals surface area contributed by atoms with Crippen LogP contribution in [0.25, 0.3) is 0 Å². The summed E-state index contributed by atoms with van der Waals surface area (Å²) in [6.07, 6.45) is -0.0227. The smallest absolute Gasteiger partial charge is 0.339 e. The summed E-state index contributed by atoms with van der Waals surface area (Å²) in [6, 6.07) is 13.2. The Kier molecular flexibility index (Phi) is 7.02. The number of carbonyl (C=O) groups excluding carboxylic acids is 4. The van der Waals surface area contributed by atoms with Crippen molar-refractivity contribution < 1.29 is 28.7 Å². The Bertz CT molecular complexity index is 987. The third-order valence-electron chi connectivity index (χ3n) is 4.64. The van der Waals surface area contributed by atoms with Gasteiger partial charge in [-0.25, -0.2) is 14.4 Å². The Morgan fingerprint density at radius 2 is 1.87 bits per heavy atom. The lowest BCUT2D eigenvalue weighted by atomic mass is 9.93. The minimum Gasteiger partial charge on any atom is -0.454 e. The van der Waals surface area contributed by atoms with Crippen molar-refractivity contribution in [1.82, 2.24) is 10.6 Å². The van der Waals surface area contributed by atoms with Crippen molar-refractivity contribution in [3.63, 3.8) is 0 Å². The Morgan fingerprint density at radius 1 is 1.13 bits per heavy atom. The first-order chi connectivity index (χ1) is 14.8. The molecule has 0 spiro atoms. The Morgan fingerprint density at radius 3 is 2.58 bits per heavy atom. The highest BCUT2D eigenvalue weighted by Gasteiger charge is 2.28. The van der Waals surface area contributed by atoms with Crippen molar-refractivity contribution in [2.45, 2.75) is 26.4 Å². The Labute approximate surface area is 179 Å². The van der Waals surface area contributed by atoms with Crippen molar-refractivity contribution in [2.24, 2.45) is 5.92 Å². The highest BCUT2D eigenvalue weighted by atomic mass is 16.5. The maximum absolute atomic E-state index is 12.3. The van der Waals surface area contributed by atoms with Gasteiger partial charge in [-0.3, -0.25) is 10.1 Å². The number of hydrogen-bond donors (Lipinski definition) is 2. The number of carbonyl (C=O) groups is 4. The average molecular weight is 424 g/mol. The molecule has 2 N–H and O–H groups in total. The zero-order valence-corrected chi connectivity index (χ0v) is 17.3. The van der Waals surface area contributed by atoms with E-state index in [1.54, 1.807) is 6.07 Å². The molecule has 1 aliphatic heterocycles. The van der Waals surface area contributed by atoms with Gasteiger partial charge in [-0.15, -0.1) is 0 Å². The number of amides is 3. The van der Waals surface area contributed by atoms with E-state index < -0.39 is 36.6 Å². The highest BCUT2D eigenvalue weighted by Crippen LogP contribution is 2.31. The van der Waals surface area contributed by atoms with Crippen LogP contribution in [0.3, 0.4) is 0 Å². The predicted octanol–water partition coefficient (Wildman–Crippen LogP) is 2.78. The van der Waals surface area contributed by atoms with Gasteiger partial charge in [-0.2, -0.15) is 0 Å². The molecule has 8 heteroatoms. The van der Waals surface area contributed by atoms with Gasteiger partial charge in [-0.1, -0.05) is 44.2 Å². The largest absolute Gasteiger partial charge is 0.454 e. The van der Waals surface area contributed by atoms with Gasteiger partial charge < -0.3 is 14.8 Å². The lowest BCUT2D eigenvalue weighted by Crippen LogP contribution is -2.42. The summed E-state index contributed by atoms with van der Waals surface area (Å²) in [6.45, 7) is 3.66. The van der Waals surface area contributed by atoms with E-state index in [9.17, 15) is 19.2 Å². The molecule has 0 saturated carbocycles. The third kappa shape index (κ3) is 5.91. The molecule has 0 saturated heterocycles. The second-order valence-corrected chi connectivity index (χ2v) is 7.61. The SMILES string of the molecule is CC(C)CNC(=O)NC(=O)COC(=O)c1ccc2c(c1)C[C@H](c1ccccc1)OC2=O. The molecule has 31 heavy (non-hydrogen) atoms. The lowest BCUT2D eigenvalue weighted by Gasteiger charge is -2.25. The number of fused-ring (bicyclic) bond motifs is 1. The zero-order chi connectivity index (χ0) is 22.4. The molecular formula is C23H24N2O6. The van der Waals surface area contributed by atoms with Gasteiger partial charge in [0, 0.05) is 13.0 Å². The van der Waals surface area contributed by atoms with Crippen LogP contribution in [0.2, 0.25) is 0 Å². The van der Waals surface area contributed by atoms with Crippen LogP contribution in [0, 0.1) is 5.92 Å². The Balaban J connectivity index is 1.60. The summed E-state index contributed by atoms with van der Waals surface area (Å²) in [7, 11) is 0. The second kappa shape index (κ2) is 9.88. The van der Waals surface area contributed by atoms with E-state index >= 15 is 0 Å². The fourth-order valence-corrected chi connectivity index (χ4v) is 3.09. The summed E-state index contributed by atoms with van der Waals surface area (Å²) in [5.41, 5.74) is 2.12. The first-order valence-corrected chi connectivity index (χ1v) is 9.97. The van der Waals surface area contributed by atoms with Crippen LogP contribution in [-0.2, 0) is 20.7 Å². The molecular weight excluding hydrogens is 400 g/mol. The van der Waals surface area contributed by atoms with Gasteiger partial charge >= 0.3 is 18.0 Å². The quantitative estimate of drug-likeness (QED) is 0.690. The first-order valence-electron chi connectivity index (χ1n) is 9.97. The molecule has 162 valence electrons. The topological polar surface area (TPSA) is 111 Å². The first kappa shape index (κ1) is 22.0. The van der Waals surface area contributed by atoms with Crippen LogP contribution >= 0.6 is 0 Å². The van der Waals surface area contributed by atoms with E-state index in [0.29, 0.717) is 24.1 Å². The maximum Gasteiger partial charge on any atom is 0.339 e. The summed E-state index contributed by atoms with van der Waals surface area (Å²) in [4.78, 5) is 48.1. The molecule has 0 bridgehead atoms. The Hall–Kier alpha value is -3.68. The van der Waals surface area contributed by atoms with Crippen molar-refractivity contribution in [3.8, 4) is 0 Å². The summed E-state index contributed by atoms with van der Waals surface area (Å²) in [5, 5.41) is 4.63. The van der Waals surface area contributed by atoms with Gasteiger partial charge in [0.25, 0.3) is 5.91 Å². The molecule has 0 radical (unpaired) electrons. The monoisotopic (exact) mass is 424 g/mol. The fraction of sp³-hybridized carbons (Fsp3) is 0.304. The molecule has 1 heterocycles. The van der Waals surface area contributed by atoms with Crippen molar-refractivity contribution in [1.29, 1.82) is 0 Å². The van der Waals surface area contributed by atoms with Gasteiger partial charge in [0.2, 0.25) is 0 Å². The molecule has 3 amide bonds. The molecule has 8 nitrogen and oxygen atoms in total. The summed E-state index contributed by atoms with van der Waals surface area (Å²) >= 11 is 0. The second-order valence-electron chi connectivity index (χ2n) is 7.61. The van der Waals surface area contributed by atoms with E-state index in [4.69, 9.17) is 9.47 Å². The van der Waals surface area contributed by atoms with Crippen molar-refractivity contribution >= 4 is 23.9 Å². The van der Waals surface area contributed by atoms with E-state index in [1.807, 2.05) is 44.2 Å². The number of imide groups is 1. The number of nitrogens with one attached hydrogen (secondary N) is 2. The van der Waals surface area contributed by atoms with Crippen molar-refractivity contribution in [3.05, 3.63) is 70.8 Å². The fourth-order valence-electron chi connectivity index (χ4n) is 3.09. The molecule has 3 rings (SSSR count). The highest BCUT2D eigenvalue weighted by molar-refractivity contribution is 5.98. The normalized spacial score (nSPS) is 14.9. The molecule has 0 fully saturated rings. The molecule has 0 aliphatic carbocycles. The van der Waals surface area contributed by atoms with E-state index in [1.165, 1.54) is 12.1 Å². The van der Waals surface area contributed by atoms with Gasteiger partial charge in [0.15, 0.2) is 6.61 Å². The average Bonchev–Trinajstić information content (AvgIpc) is 2.76. The van der Waals surface area contributed by atoms with Gasteiger partial charge in [0.05, 0.1) is 11.1 Å². The summed E-state index contributed by atoms with van der Waals surface area (Å²) in [5.74, 6) is -1.68. The van der Waals surface area contributed by atoms with E-state index in [0.717, 1.165) is 5.56 Å². The van der Waals surface area contributed by atoms with Gasteiger partial charge in [0.1, 0.15) is 6.10 Å². The maximum atomic E-state index is 12.3. The van der Waals surface area contributed by atoms with E-state index in [-0.39, 0.29) is 11.5 Å². The number of benzene rings is 2. The van der Waals surface area contributed by atoms with Gasteiger partial charge in [-0.05, 0) is 35.2 Å². The number of esters is 2. The molecule has 0 aromatic heterocycles. The molecule has 2 aromatic carbocycles. The predicted molar refractivity (Wildman–Crippen MR) is 111 cm³/mol.